The van der Waals surface area contributed by atoms with Crippen molar-refractivity contribution in [1.82, 2.24) is 9.97 Å². The number of aromatic nitrogens is 2. The van der Waals surface area contributed by atoms with Crippen LogP contribution in [0.25, 0.3) is 22.5 Å². The molecule has 7 rings (SSSR count). The highest BCUT2D eigenvalue weighted by Crippen LogP contribution is 2.39. The lowest BCUT2D eigenvalue weighted by Crippen LogP contribution is -2.10. The lowest BCUT2D eigenvalue weighted by Gasteiger charge is -2.26. The third-order valence-electron chi connectivity index (χ3n) is 8.86. The van der Waals surface area contributed by atoms with E-state index in [0.29, 0.717) is 11.4 Å². The smallest absolute Gasteiger partial charge is 0.223 e. The van der Waals surface area contributed by atoms with Crippen molar-refractivity contribution in [2.24, 2.45) is 0 Å². The number of rotatable bonds is 12. The highest BCUT2D eigenvalue weighted by Gasteiger charge is 2.16. The van der Waals surface area contributed by atoms with Crippen LogP contribution >= 0.6 is 11.6 Å². The number of benzene rings is 6. The van der Waals surface area contributed by atoms with Crippen molar-refractivity contribution in [3.63, 3.8) is 0 Å². The maximum Gasteiger partial charge on any atom is 0.223 e. The summed E-state index contributed by atoms with van der Waals surface area (Å²) < 4.78 is 21.6. The highest BCUT2D eigenvalue weighted by molar-refractivity contribution is 6.28. The molecule has 7 aromatic rings. The zero-order valence-electron chi connectivity index (χ0n) is 29.7. The van der Waals surface area contributed by atoms with Gasteiger partial charge >= 0.3 is 0 Å². The van der Waals surface area contributed by atoms with Crippen LogP contribution in [0.5, 0.6) is 23.0 Å². The lowest BCUT2D eigenvalue weighted by atomic mass is 10.1. The predicted octanol–water partition coefficient (Wildman–Crippen LogP) is 11.4. The summed E-state index contributed by atoms with van der Waals surface area (Å²) in [6.45, 7) is 0. The van der Waals surface area contributed by atoms with Gasteiger partial charge in [-0.15, -0.1) is 0 Å². The van der Waals surface area contributed by atoms with Gasteiger partial charge in [-0.25, -0.2) is 9.97 Å². The molecule has 6 aromatic carbocycles. The Labute approximate surface area is 314 Å². The zero-order chi connectivity index (χ0) is 36.7. The molecule has 0 bridgehead atoms. The number of anilines is 6. The molecule has 0 aliphatic rings. The summed E-state index contributed by atoms with van der Waals surface area (Å²) in [5.41, 5.74) is 9.12. The first kappa shape index (κ1) is 34.9. The molecule has 0 saturated carbocycles. The van der Waals surface area contributed by atoms with Gasteiger partial charge in [0.25, 0.3) is 0 Å². The molecule has 1 heterocycles. The van der Waals surface area contributed by atoms with E-state index in [9.17, 15) is 0 Å². The van der Waals surface area contributed by atoms with Crippen LogP contribution in [-0.2, 0) is 0 Å². The van der Waals surface area contributed by atoms with E-state index in [1.54, 1.807) is 28.4 Å². The van der Waals surface area contributed by atoms with E-state index in [0.717, 1.165) is 68.2 Å². The van der Waals surface area contributed by atoms with E-state index >= 15 is 0 Å². The second kappa shape index (κ2) is 15.8. The Balaban J connectivity index is 1.19. The van der Waals surface area contributed by atoms with Gasteiger partial charge in [-0.2, -0.15) is 0 Å². The van der Waals surface area contributed by atoms with E-state index < -0.39 is 0 Å². The molecule has 0 atom stereocenters. The fraction of sp³-hybridized carbons (Fsp3) is 0.0909. The van der Waals surface area contributed by atoms with Gasteiger partial charge in [0, 0.05) is 45.3 Å². The number of ether oxygens (including phenoxy) is 4. The standard InChI is InChI=1S/C44H37ClN4O4/c1-50-38-21-13-34(14-22-38)48(35-15-23-39(51-2)24-16-35)32-9-5-30(6-10-32)42-29-43(47-44(45)46-42)31-7-11-33(12-8-31)49(36-17-25-40(52-3)26-18-36)37-19-27-41(53-4)28-20-37/h5-29H,1-4H3. The normalized spacial score (nSPS) is 10.7. The Morgan fingerprint density at radius 1 is 0.358 bits per heavy atom. The second-order valence-corrected chi connectivity index (χ2v) is 12.3. The van der Waals surface area contributed by atoms with E-state index in [2.05, 4.69) is 44.0 Å². The molecule has 0 aliphatic carbocycles. The molecule has 0 saturated heterocycles. The number of halogens is 1. The predicted molar refractivity (Wildman–Crippen MR) is 213 cm³/mol. The minimum atomic E-state index is 0.168. The molecule has 9 heteroatoms. The van der Waals surface area contributed by atoms with Gasteiger partial charge in [-0.3, -0.25) is 0 Å². The van der Waals surface area contributed by atoms with E-state index in [4.69, 9.17) is 30.5 Å². The molecule has 0 spiro atoms. The summed E-state index contributed by atoms with van der Waals surface area (Å²) in [5.74, 6) is 3.15. The summed E-state index contributed by atoms with van der Waals surface area (Å²) in [6.07, 6.45) is 0. The fourth-order valence-electron chi connectivity index (χ4n) is 6.10. The number of methoxy groups -OCH3 is 4. The topological polar surface area (TPSA) is 69.2 Å². The van der Waals surface area contributed by atoms with Crippen LogP contribution < -0.4 is 28.7 Å². The summed E-state index contributed by atoms with van der Waals surface area (Å²) in [7, 11) is 6.65. The first-order valence-electron chi connectivity index (χ1n) is 16.9. The van der Waals surface area contributed by atoms with Crippen LogP contribution in [-0.4, -0.2) is 38.4 Å². The fourth-order valence-corrected chi connectivity index (χ4v) is 6.28. The maximum atomic E-state index is 6.55. The maximum absolute atomic E-state index is 6.55. The number of hydrogen-bond acceptors (Lipinski definition) is 8. The summed E-state index contributed by atoms with van der Waals surface area (Å²) in [5, 5.41) is 0.168. The van der Waals surface area contributed by atoms with E-state index in [1.165, 1.54) is 0 Å². The van der Waals surface area contributed by atoms with Gasteiger partial charge in [-0.05, 0) is 139 Å². The molecule has 0 radical (unpaired) electrons. The minimum absolute atomic E-state index is 0.168. The molecule has 1 aromatic heterocycles. The Hall–Kier alpha value is -6.51. The van der Waals surface area contributed by atoms with Gasteiger partial charge in [0.15, 0.2) is 0 Å². The molecular weight excluding hydrogens is 684 g/mol. The monoisotopic (exact) mass is 720 g/mol. The van der Waals surface area contributed by atoms with Gasteiger partial charge in [0.05, 0.1) is 39.8 Å². The summed E-state index contributed by atoms with van der Waals surface area (Å²) >= 11 is 6.55. The Morgan fingerprint density at radius 3 is 0.811 bits per heavy atom. The lowest BCUT2D eigenvalue weighted by molar-refractivity contribution is 0.414. The largest absolute Gasteiger partial charge is 0.497 e. The molecular formula is C44H37ClN4O4. The number of nitrogens with zero attached hydrogens (tertiary/aromatic N) is 4. The summed E-state index contributed by atoms with van der Waals surface area (Å²) in [6, 6.07) is 50.3. The van der Waals surface area contributed by atoms with E-state index in [1.807, 2.05) is 127 Å². The third-order valence-corrected chi connectivity index (χ3v) is 9.03. The first-order chi connectivity index (χ1) is 26.0. The quantitative estimate of drug-likeness (QED) is 0.116. The van der Waals surface area contributed by atoms with Crippen molar-refractivity contribution in [3.05, 3.63) is 157 Å². The van der Waals surface area contributed by atoms with Crippen molar-refractivity contribution in [2.75, 3.05) is 38.2 Å². The third kappa shape index (κ3) is 7.73. The molecule has 0 fully saturated rings. The van der Waals surface area contributed by atoms with Crippen molar-refractivity contribution < 1.29 is 18.9 Å². The van der Waals surface area contributed by atoms with Gasteiger partial charge in [-0.1, -0.05) is 24.3 Å². The molecule has 53 heavy (non-hydrogen) atoms. The van der Waals surface area contributed by atoms with Crippen LogP contribution in [0.1, 0.15) is 0 Å². The van der Waals surface area contributed by atoms with Gasteiger partial charge < -0.3 is 28.7 Å². The minimum Gasteiger partial charge on any atom is -0.497 e. The molecule has 0 unspecified atom stereocenters. The number of hydrogen-bond donors (Lipinski definition) is 0. The van der Waals surface area contributed by atoms with Crippen LogP contribution in [0.2, 0.25) is 5.28 Å². The molecule has 0 amide bonds. The average Bonchev–Trinajstić information content (AvgIpc) is 3.22. The van der Waals surface area contributed by atoms with Crippen molar-refractivity contribution in [1.29, 1.82) is 0 Å². The highest BCUT2D eigenvalue weighted by atomic mass is 35.5. The van der Waals surface area contributed by atoms with Crippen molar-refractivity contribution in [3.8, 4) is 45.5 Å². The van der Waals surface area contributed by atoms with Crippen molar-refractivity contribution in [2.45, 2.75) is 0 Å². The van der Waals surface area contributed by atoms with Gasteiger partial charge in [0.1, 0.15) is 23.0 Å². The Bertz CT molecular complexity index is 2010. The first-order valence-corrected chi connectivity index (χ1v) is 17.3. The van der Waals surface area contributed by atoms with Crippen LogP contribution in [0.15, 0.2) is 152 Å². The Kier molecular flexibility index (Phi) is 10.4. The SMILES string of the molecule is COc1ccc(N(c2ccc(OC)cc2)c2ccc(-c3cc(-c4ccc(N(c5ccc(OC)cc5)c5ccc(OC)cc5)cc4)nc(Cl)n3)cc2)cc1. The second-order valence-electron chi connectivity index (χ2n) is 12.0. The molecule has 0 N–H and O–H groups in total. The summed E-state index contributed by atoms with van der Waals surface area (Å²) in [4.78, 5) is 13.5. The average molecular weight is 721 g/mol. The molecule has 0 aliphatic heterocycles. The van der Waals surface area contributed by atoms with Crippen LogP contribution in [0.3, 0.4) is 0 Å². The molecule has 264 valence electrons. The van der Waals surface area contributed by atoms with E-state index in [-0.39, 0.29) is 5.28 Å². The van der Waals surface area contributed by atoms with Gasteiger partial charge in [0.2, 0.25) is 5.28 Å². The van der Waals surface area contributed by atoms with Crippen LogP contribution in [0.4, 0.5) is 34.1 Å². The molecule has 8 nitrogen and oxygen atoms in total. The van der Waals surface area contributed by atoms with Crippen LogP contribution in [0, 0.1) is 0 Å². The zero-order valence-corrected chi connectivity index (χ0v) is 30.5. The Morgan fingerprint density at radius 2 is 0.585 bits per heavy atom. The van der Waals surface area contributed by atoms with Crippen molar-refractivity contribution >= 4 is 45.7 Å².